The molecule has 1 saturated heterocycles. The molecule has 0 bridgehead atoms. The van der Waals surface area contributed by atoms with Gasteiger partial charge in [-0.2, -0.15) is 5.10 Å². The Kier molecular flexibility index (Phi) is 8.66. The Morgan fingerprint density at radius 2 is 2.04 bits per heavy atom. The van der Waals surface area contributed by atoms with Gasteiger partial charge < -0.3 is 15.5 Å². The van der Waals surface area contributed by atoms with Crippen LogP contribution in [0.5, 0.6) is 0 Å². The Labute approximate surface area is 146 Å². The van der Waals surface area contributed by atoms with Gasteiger partial charge in [0.05, 0.1) is 0 Å². The zero-order valence-electron chi connectivity index (χ0n) is 15.4. The summed E-state index contributed by atoms with van der Waals surface area (Å²) >= 11 is 0. The molecule has 1 aromatic heterocycles. The zero-order valence-corrected chi connectivity index (χ0v) is 15.4. The molecular formula is C18H34N6. The summed E-state index contributed by atoms with van der Waals surface area (Å²) in [5.74, 6) is 1.69. The van der Waals surface area contributed by atoms with Crippen LogP contribution >= 0.6 is 0 Å². The molecule has 1 aromatic rings. The third-order valence-corrected chi connectivity index (χ3v) is 4.51. The van der Waals surface area contributed by atoms with Crippen LogP contribution in [0.4, 0.5) is 0 Å². The van der Waals surface area contributed by atoms with Crippen molar-refractivity contribution in [3.05, 3.63) is 18.5 Å². The first-order chi connectivity index (χ1) is 11.8. The summed E-state index contributed by atoms with van der Waals surface area (Å²) in [7, 11) is 0. The largest absolute Gasteiger partial charge is 0.357 e. The van der Waals surface area contributed by atoms with Gasteiger partial charge in [-0.25, -0.2) is 0 Å². The quantitative estimate of drug-likeness (QED) is 0.412. The molecule has 0 unspecified atom stereocenters. The summed E-state index contributed by atoms with van der Waals surface area (Å²) in [5, 5.41) is 11.0. The number of hydrogen-bond acceptors (Lipinski definition) is 3. The summed E-state index contributed by atoms with van der Waals surface area (Å²) in [6.45, 7) is 11.8. The molecule has 0 atom stereocenters. The van der Waals surface area contributed by atoms with Gasteiger partial charge in [-0.05, 0) is 64.2 Å². The second-order valence-corrected chi connectivity index (χ2v) is 6.55. The van der Waals surface area contributed by atoms with E-state index in [1.807, 2.05) is 23.1 Å². The molecule has 6 nitrogen and oxygen atoms in total. The van der Waals surface area contributed by atoms with Gasteiger partial charge in [0.15, 0.2) is 5.96 Å². The van der Waals surface area contributed by atoms with Crippen molar-refractivity contribution in [1.82, 2.24) is 25.3 Å². The standard InChI is InChI=1S/C18H34N6/c1-3-11-23-14-7-17(8-15-23)16-21-18(19-4-2)20-9-5-12-24-13-6-10-22-24/h6,10,13,17H,3-5,7-9,11-12,14-16H2,1-2H3,(H2,19,20,21). The highest BCUT2D eigenvalue weighted by atomic mass is 15.3. The van der Waals surface area contributed by atoms with Crippen LogP contribution in [0, 0.1) is 5.92 Å². The van der Waals surface area contributed by atoms with E-state index in [0.29, 0.717) is 0 Å². The third-order valence-electron chi connectivity index (χ3n) is 4.51. The fourth-order valence-electron chi connectivity index (χ4n) is 3.15. The van der Waals surface area contributed by atoms with E-state index in [1.54, 1.807) is 0 Å². The number of nitrogens with zero attached hydrogens (tertiary/aromatic N) is 4. The van der Waals surface area contributed by atoms with Gasteiger partial charge in [-0.1, -0.05) is 6.92 Å². The number of aromatic nitrogens is 2. The van der Waals surface area contributed by atoms with Crippen molar-refractivity contribution in [3.63, 3.8) is 0 Å². The molecule has 24 heavy (non-hydrogen) atoms. The minimum Gasteiger partial charge on any atom is -0.357 e. The average molecular weight is 335 g/mol. The topological polar surface area (TPSA) is 57.5 Å². The molecule has 0 amide bonds. The number of aliphatic imine (C=N–C) groups is 1. The Balaban J connectivity index is 1.66. The Hall–Kier alpha value is -1.56. The maximum Gasteiger partial charge on any atom is 0.191 e. The van der Waals surface area contributed by atoms with E-state index < -0.39 is 0 Å². The molecule has 0 spiro atoms. The highest BCUT2D eigenvalue weighted by Gasteiger charge is 2.18. The summed E-state index contributed by atoms with van der Waals surface area (Å²) in [6, 6.07) is 1.96. The normalized spacial score (nSPS) is 17.2. The Morgan fingerprint density at radius 1 is 1.21 bits per heavy atom. The zero-order chi connectivity index (χ0) is 17.0. The van der Waals surface area contributed by atoms with E-state index in [9.17, 15) is 0 Å². The first-order valence-corrected chi connectivity index (χ1v) is 9.53. The van der Waals surface area contributed by atoms with E-state index in [-0.39, 0.29) is 0 Å². The number of rotatable bonds is 9. The molecule has 2 rings (SSSR count). The van der Waals surface area contributed by atoms with Crippen molar-refractivity contribution in [1.29, 1.82) is 0 Å². The lowest BCUT2D eigenvalue weighted by atomic mass is 9.97. The van der Waals surface area contributed by atoms with Crippen molar-refractivity contribution in [3.8, 4) is 0 Å². The molecule has 1 fully saturated rings. The van der Waals surface area contributed by atoms with Gasteiger partial charge >= 0.3 is 0 Å². The maximum atomic E-state index is 4.80. The molecule has 1 aliphatic rings. The summed E-state index contributed by atoms with van der Waals surface area (Å²) < 4.78 is 1.97. The van der Waals surface area contributed by atoms with Crippen LogP contribution in [0.2, 0.25) is 0 Å². The van der Waals surface area contributed by atoms with Gasteiger partial charge in [0.1, 0.15) is 0 Å². The van der Waals surface area contributed by atoms with Crippen LogP contribution in [-0.2, 0) is 6.54 Å². The van der Waals surface area contributed by atoms with E-state index in [4.69, 9.17) is 4.99 Å². The highest BCUT2D eigenvalue weighted by Crippen LogP contribution is 2.17. The molecule has 1 aliphatic heterocycles. The number of aryl methyl sites for hydroxylation is 1. The van der Waals surface area contributed by atoms with Crippen molar-refractivity contribution in [2.75, 3.05) is 39.3 Å². The first kappa shape index (κ1) is 18.8. The number of nitrogens with one attached hydrogen (secondary N) is 2. The molecule has 2 N–H and O–H groups in total. The number of piperidine rings is 1. The van der Waals surface area contributed by atoms with Crippen molar-refractivity contribution in [2.45, 2.75) is 46.1 Å². The molecule has 0 aromatic carbocycles. The number of hydrogen-bond donors (Lipinski definition) is 2. The average Bonchev–Trinajstić information content (AvgIpc) is 3.11. The van der Waals surface area contributed by atoms with Gasteiger partial charge in [-0.15, -0.1) is 0 Å². The van der Waals surface area contributed by atoms with Crippen LogP contribution in [0.1, 0.15) is 39.5 Å². The fraction of sp³-hybridized carbons (Fsp3) is 0.778. The van der Waals surface area contributed by atoms with E-state index >= 15 is 0 Å². The predicted molar refractivity (Wildman–Crippen MR) is 100 cm³/mol. The van der Waals surface area contributed by atoms with Crippen LogP contribution in [0.25, 0.3) is 0 Å². The van der Waals surface area contributed by atoms with Crippen LogP contribution in [0.15, 0.2) is 23.5 Å². The fourth-order valence-corrected chi connectivity index (χ4v) is 3.15. The van der Waals surface area contributed by atoms with Crippen molar-refractivity contribution < 1.29 is 0 Å². The molecule has 0 saturated carbocycles. The number of likely N-dealkylation sites (tertiary alicyclic amines) is 1. The Morgan fingerprint density at radius 3 is 2.71 bits per heavy atom. The third kappa shape index (κ3) is 6.91. The van der Waals surface area contributed by atoms with E-state index in [2.05, 4.69) is 34.5 Å². The van der Waals surface area contributed by atoms with Crippen molar-refractivity contribution >= 4 is 5.96 Å². The van der Waals surface area contributed by atoms with Crippen LogP contribution in [-0.4, -0.2) is 59.9 Å². The van der Waals surface area contributed by atoms with Gasteiger partial charge in [-0.3, -0.25) is 9.67 Å². The lowest BCUT2D eigenvalue weighted by Gasteiger charge is -2.31. The minimum absolute atomic E-state index is 0.734. The minimum atomic E-state index is 0.734. The second kappa shape index (κ2) is 11.1. The molecule has 136 valence electrons. The lowest BCUT2D eigenvalue weighted by molar-refractivity contribution is 0.188. The molecule has 0 radical (unpaired) electrons. The maximum absolute atomic E-state index is 4.80. The second-order valence-electron chi connectivity index (χ2n) is 6.55. The van der Waals surface area contributed by atoms with Crippen LogP contribution < -0.4 is 10.6 Å². The highest BCUT2D eigenvalue weighted by molar-refractivity contribution is 5.79. The summed E-state index contributed by atoms with van der Waals surface area (Å²) in [6.07, 6.45) is 8.69. The monoisotopic (exact) mass is 334 g/mol. The SMILES string of the molecule is CCCN1CCC(CN=C(NCC)NCCCn2cccn2)CC1. The summed E-state index contributed by atoms with van der Waals surface area (Å²) in [4.78, 5) is 7.38. The van der Waals surface area contributed by atoms with E-state index in [0.717, 1.165) is 44.5 Å². The van der Waals surface area contributed by atoms with Gasteiger partial charge in [0.2, 0.25) is 0 Å². The lowest BCUT2D eigenvalue weighted by Crippen LogP contribution is -2.39. The number of guanidine groups is 1. The van der Waals surface area contributed by atoms with Crippen LogP contribution in [0.3, 0.4) is 0 Å². The first-order valence-electron chi connectivity index (χ1n) is 9.53. The van der Waals surface area contributed by atoms with Crippen molar-refractivity contribution in [2.24, 2.45) is 10.9 Å². The molecule has 6 heteroatoms. The van der Waals surface area contributed by atoms with E-state index in [1.165, 1.54) is 38.9 Å². The molecule has 2 heterocycles. The molecule has 0 aliphatic carbocycles. The summed E-state index contributed by atoms with van der Waals surface area (Å²) in [5.41, 5.74) is 0. The molecular weight excluding hydrogens is 300 g/mol. The Bertz CT molecular complexity index is 448. The van der Waals surface area contributed by atoms with Gasteiger partial charge in [0.25, 0.3) is 0 Å². The predicted octanol–water partition coefficient (Wildman–Crippen LogP) is 1.95. The van der Waals surface area contributed by atoms with Gasteiger partial charge in [0, 0.05) is 38.6 Å². The smallest absolute Gasteiger partial charge is 0.191 e.